The van der Waals surface area contributed by atoms with E-state index in [2.05, 4.69) is 5.32 Å². The molecule has 2 N–H and O–H groups in total. The Bertz CT molecular complexity index is 652. The molecule has 1 unspecified atom stereocenters. The van der Waals surface area contributed by atoms with Gasteiger partial charge in [0.05, 0.1) is 22.1 Å². The number of nitrogens with zero attached hydrogens (tertiary/aromatic N) is 1. The predicted octanol–water partition coefficient (Wildman–Crippen LogP) is 3.53. The molecule has 0 amide bonds. The smallest absolute Gasteiger partial charge is 0.295 e. The van der Waals surface area contributed by atoms with Crippen LogP contribution in [0.5, 0.6) is 0 Å². The molecule has 0 bridgehead atoms. The van der Waals surface area contributed by atoms with Crippen molar-refractivity contribution in [2.45, 2.75) is 6.10 Å². The van der Waals surface area contributed by atoms with Crippen molar-refractivity contribution in [2.75, 3.05) is 11.9 Å². The maximum absolute atomic E-state index is 13.3. The van der Waals surface area contributed by atoms with Crippen molar-refractivity contribution in [2.24, 2.45) is 0 Å². The van der Waals surface area contributed by atoms with Crippen molar-refractivity contribution in [3.63, 3.8) is 0 Å². The first-order valence-electron chi connectivity index (χ1n) is 6.09. The molecule has 0 saturated carbocycles. The highest BCUT2D eigenvalue weighted by atomic mass is 35.5. The minimum atomic E-state index is -0.863. The number of nitro groups is 1. The zero-order valence-corrected chi connectivity index (χ0v) is 11.5. The van der Waals surface area contributed by atoms with Crippen LogP contribution in [-0.4, -0.2) is 16.6 Å². The molecule has 2 rings (SSSR count). The largest absolute Gasteiger partial charge is 0.387 e. The lowest BCUT2D eigenvalue weighted by molar-refractivity contribution is -0.384. The van der Waals surface area contributed by atoms with Gasteiger partial charge in [-0.1, -0.05) is 41.9 Å². The Kier molecular flexibility index (Phi) is 4.72. The van der Waals surface area contributed by atoms with Crippen LogP contribution in [0.2, 0.25) is 5.02 Å². The average Bonchev–Trinajstić information content (AvgIpc) is 2.48. The monoisotopic (exact) mass is 310 g/mol. The van der Waals surface area contributed by atoms with Crippen LogP contribution < -0.4 is 5.32 Å². The lowest BCUT2D eigenvalue weighted by atomic mass is 10.1. The van der Waals surface area contributed by atoms with Crippen LogP contribution in [0.1, 0.15) is 11.7 Å². The van der Waals surface area contributed by atoms with Crippen LogP contribution in [0.25, 0.3) is 0 Å². The molecule has 0 radical (unpaired) electrons. The molecule has 0 spiro atoms. The molecule has 110 valence electrons. The first-order chi connectivity index (χ1) is 9.99. The van der Waals surface area contributed by atoms with Crippen LogP contribution in [0, 0.1) is 15.9 Å². The van der Waals surface area contributed by atoms with E-state index in [1.165, 1.54) is 0 Å². The minimum Gasteiger partial charge on any atom is -0.387 e. The molecule has 0 aliphatic rings. The summed E-state index contributed by atoms with van der Waals surface area (Å²) in [6.07, 6.45) is -0.852. The number of nitrogens with one attached hydrogen (secondary N) is 1. The van der Waals surface area contributed by atoms with E-state index in [0.717, 1.165) is 12.1 Å². The highest BCUT2D eigenvalue weighted by Gasteiger charge is 2.18. The average molecular weight is 311 g/mol. The zero-order valence-electron chi connectivity index (χ0n) is 10.8. The van der Waals surface area contributed by atoms with Gasteiger partial charge in [0.25, 0.3) is 5.69 Å². The van der Waals surface area contributed by atoms with E-state index in [9.17, 15) is 19.6 Å². The van der Waals surface area contributed by atoms with Crippen molar-refractivity contribution in [3.8, 4) is 0 Å². The van der Waals surface area contributed by atoms with E-state index >= 15 is 0 Å². The van der Waals surface area contributed by atoms with Gasteiger partial charge in [0.15, 0.2) is 0 Å². The van der Waals surface area contributed by atoms with Crippen molar-refractivity contribution in [1.29, 1.82) is 0 Å². The quantitative estimate of drug-likeness (QED) is 0.654. The number of hydrogen-bond donors (Lipinski definition) is 2. The van der Waals surface area contributed by atoms with Gasteiger partial charge in [-0.3, -0.25) is 10.1 Å². The fourth-order valence-corrected chi connectivity index (χ4v) is 1.99. The number of nitro benzene ring substituents is 1. The fourth-order valence-electron chi connectivity index (χ4n) is 1.83. The molecule has 2 aromatic rings. The molecule has 5 nitrogen and oxygen atoms in total. The number of aliphatic hydroxyl groups excluding tert-OH is 1. The molecule has 0 aliphatic carbocycles. The van der Waals surface area contributed by atoms with Crippen LogP contribution in [0.4, 0.5) is 15.8 Å². The summed E-state index contributed by atoms with van der Waals surface area (Å²) >= 11 is 5.62. The van der Waals surface area contributed by atoms with Crippen LogP contribution in [-0.2, 0) is 0 Å². The van der Waals surface area contributed by atoms with Gasteiger partial charge in [0, 0.05) is 6.54 Å². The summed E-state index contributed by atoms with van der Waals surface area (Å²) in [4.78, 5) is 10.2. The van der Waals surface area contributed by atoms with Crippen molar-refractivity contribution >= 4 is 23.0 Å². The van der Waals surface area contributed by atoms with Gasteiger partial charge in [0.1, 0.15) is 11.5 Å². The molecule has 0 heterocycles. The molecule has 1 atom stereocenters. The first kappa shape index (κ1) is 15.2. The highest BCUT2D eigenvalue weighted by Crippen LogP contribution is 2.30. The Hall–Kier alpha value is -2.18. The second kappa shape index (κ2) is 6.51. The van der Waals surface area contributed by atoms with E-state index in [1.807, 2.05) is 6.07 Å². The Balaban J connectivity index is 2.16. The number of hydrogen-bond acceptors (Lipinski definition) is 4. The topological polar surface area (TPSA) is 75.4 Å². The van der Waals surface area contributed by atoms with Gasteiger partial charge >= 0.3 is 0 Å². The second-order valence-electron chi connectivity index (χ2n) is 4.35. The van der Waals surface area contributed by atoms with E-state index < -0.39 is 22.5 Å². The molecule has 7 heteroatoms. The minimum absolute atomic E-state index is 0.0345. The van der Waals surface area contributed by atoms with Crippen LogP contribution >= 0.6 is 11.6 Å². The van der Waals surface area contributed by atoms with Gasteiger partial charge in [-0.2, -0.15) is 0 Å². The molecular weight excluding hydrogens is 299 g/mol. The van der Waals surface area contributed by atoms with Gasteiger partial charge in [-0.25, -0.2) is 4.39 Å². The van der Waals surface area contributed by atoms with Crippen molar-refractivity contribution < 1.29 is 14.4 Å². The molecule has 0 fully saturated rings. The Morgan fingerprint density at radius 2 is 2.00 bits per heavy atom. The Labute approximate surface area is 125 Å². The standard InChI is InChI=1S/C14H12ClFN2O3/c15-10-6-12(13(18(20)21)7-11(10)16)17-8-14(19)9-4-2-1-3-5-9/h1-7,14,17,19H,8H2. The summed E-state index contributed by atoms with van der Waals surface area (Å²) in [6, 6.07) is 10.7. The van der Waals surface area contributed by atoms with E-state index in [-0.39, 0.29) is 17.3 Å². The normalized spacial score (nSPS) is 12.0. The maximum atomic E-state index is 13.3. The predicted molar refractivity (Wildman–Crippen MR) is 78.0 cm³/mol. The molecular formula is C14H12ClFN2O3. The summed E-state index contributed by atoms with van der Waals surface area (Å²) in [5.41, 5.74) is 0.291. The summed E-state index contributed by atoms with van der Waals surface area (Å²) < 4.78 is 13.3. The third-order valence-electron chi connectivity index (χ3n) is 2.91. The van der Waals surface area contributed by atoms with Crippen molar-refractivity contribution in [3.05, 3.63) is 69.0 Å². The first-order valence-corrected chi connectivity index (χ1v) is 6.47. The Morgan fingerprint density at radius 3 is 2.62 bits per heavy atom. The number of halogens is 2. The fraction of sp³-hybridized carbons (Fsp3) is 0.143. The number of anilines is 1. The molecule has 21 heavy (non-hydrogen) atoms. The summed E-state index contributed by atoms with van der Waals surface area (Å²) in [5, 5.41) is 23.4. The summed E-state index contributed by atoms with van der Waals surface area (Å²) in [5.74, 6) is -0.863. The van der Waals surface area contributed by atoms with Crippen LogP contribution in [0.3, 0.4) is 0 Å². The molecule has 2 aromatic carbocycles. The highest BCUT2D eigenvalue weighted by molar-refractivity contribution is 6.31. The van der Waals surface area contributed by atoms with Gasteiger partial charge < -0.3 is 10.4 Å². The molecule has 0 saturated heterocycles. The third-order valence-corrected chi connectivity index (χ3v) is 3.20. The lowest BCUT2D eigenvalue weighted by Gasteiger charge is -2.13. The van der Waals surface area contributed by atoms with E-state index in [1.54, 1.807) is 24.3 Å². The Morgan fingerprint density at radius 1 is 1.33 bits per heavy atom. The number of aliphatic hydroxyl groups is 1. The molecule has 0 aromatic heterocycles. The SMILES string of the molecule is O=[N+]([O-])c1cc(F)c(Cl)cc1NCC(O)c1ccccc1. The van der Waals surface area contributed by atoms with Crippen LogP contribution in [0.15, 0.2) is 42.5 Å². The number of benzene rings is 2. The van der Waals surface area contributed by atoms with Gasteiger partial charge in [0.2, 0.25) is 0 Å². The van der Waals surface area contributed by atoms with Crippen molar-refractivity contribution in [1.82, 2.24) is 0 Å². The number of rotatable bonds is 5. The van der Waals surface area contributed by atoms with Gasteiger partial charge in [-0.05, 0) is 11.6 Å². The summed E-state index contributed by atoms with van der Waals surface area (Å²) in [7, 11) is 0. The lowest BCUT2D eigenvalue weighted by Crippen LogP contribution is -2.13. The maximum Gasteiger partial charge on any atom is 0.295 e. The summed E-state index contributed by atoms with van der Waals surface area (Å²) in [6.45, 7) is 0.0345. The van der Waals surface area contributed by atoms with Gasteiger partial charge in [-0.15, -0.1) is 0 Å². The zero-order chi connectivity index (χ0) is 15.4. The van der Waals surface area contributed by atoms with E-state index in [4.69, 9.17) is 11.6 Å². The molecule has 0 aliphatic heterocycles. The third kappa shape index (κ3) is 3.68. The van der Waals surface area contributed by atoms with E-state index in [0.29, 0.717) is 5.56 Å². The second-order valence-corrected chi connectivity index (χ2v) is 4.76.